The van der Waals surface area contributed by atoms with Crippen LogP contribution in [-0.2, 0) is 14.3 Å². The maximum atomic E-state index is 11.9. The lowest BCUT2D eigenvalue weighted by Crippen LogP contribution is -2.45. The lowest BCUT2D eigenvalue weighted by molar-refractivity contribution is -0.155. The highest BCUT2D eigenvalue weighted by atomic mass is 16.5. The van der Waals surface area contributed by atoms with Gasteiger partial charge in [-0.3, -0.25) is 14.9 Å². The van der Waals surface area contributed by atoms with E-state index >= 15 is 0 Å². The summed E-state index contributed by atoms with van der Waals surface area (Å²) in [5.74, 6) is -2.10. The summed E-state index contributed by atoms with van der Waals surface area (Å²) >= 11 is 0. The first-order valence-electron chi connectivity index (χ1n) is 6.48. The molecule has 1 aromatic carbocycles. The summed E-state index contributed by atoms with van der Waals surface area (Å²) < 4.78 is 4.84. The van der Waals surface area contributed by atoms with Crippen molar-refractivity contribution in [1.29, 1.82) is 0 Å². The summed E-state index contributed by atoms with van der Waals surface area (Å²) in [6.07, 6.45) is -1.21. The van der Waals surface area contributed by atoms with Crippen LogP contribution in [0.25, 0.3) is 0 Å². The Balaban J connectivity index is 2.53. The molecular formula is C14H17N3O5. The fraction of sp³-hybridized carbons (Fsp3) is 0.286. The van der Waals surface area contributed by atoms with Crippen molar-refractivity contribution in [3.05, 3.63) is 35.9 Å². The lowest BCUT2D eigenvalue weighted by Gasteiger charge is -2.16. The molecule has 118 valence electrons. The molecule has 0 aliphatic rings. The third kappa shape index (κ3) is 5.23. The molecule has 8 heteroatoms. The predicted octanol–water partition coefficient (Wildman–Crippen LogP) is -0.0685. The van der Waals surface area contributed by atoms with Crippen LogP contribution in [0, 0.1) is 0 Å². The lowest BCUT2D eigenvalue weighted by atomic mass is 10.2. The van der Waals surface area contributed by atoms with Crippen LogP contribution in [0.3, 0.4) is 0 Å². The molecule has 0 saturated heterocycles. The van der Waals surface area contributed by atoms with Gasteiger partial charge in [0.05, 0.1) is 0 Å². The minimum absolute atomic E-state index is 0.390. The van der Waals surface area contributed by atoms with Crippen molar-refractivity contribution in [2.45, 2.75) is 26.0 Å². The van der Waals surface area contributed by atoms with Gasteiger partial charge in [0.15, 0.2) is 6.10 Å². The summed E-state index contributed by atoms with van der Waals surface area (Å²) in [6, 6.07) is 6.32. The number of benzene rings is 1. The molecular weight excluding hydrogens is 290 g/mol. The average Bonchev–Trinajstić information content (AvgIpc) is 2.47. The Hall–Kier alpha value is -2.90. The van der Waals surface area contributed by atoms with E-state index in [0.29, 0.717) is 5.56 Å². The Kier molecular flexibility index (Phi) is 6.06. The van der Waals surface area contributed by atoms with Gasteiger partial charge in [-0.25, -0.2) is 9.59 Å². The van der Waals surface area contributed by atoms with E-state index in [-0.39, 0.29) is 0 Å². The molecule has 0 fully saturated rings. The van der Waals surface area contributed by atoms with Crippen molar-refractivity contribution in [2.24, 2.45) is 5.73 Å². The smallest absolute Gasteiger partial charge is 0.329 e. The van der Waals surface area contributed by atoms with Gasteiger partial charge in [0.2, 0.25) is 0 Å². The van der Waals surface area contributed by atoms with Crippen LogP contribution in [0.15, 0.2) is 30.3 Å². The molecule has 0 bridgehead atoms. The summed E-state index contributed by atoms with van der Waals surface area (Å²) in [4.78, 5) is 45.6. The molecule has 22 heavy (non-hydrogen) atoms. The SMILES string of the molecule is CC(NC(=O)c1ccccc1)C(=O)OC(C)C(=O)NC(N)=O. The number of carbonyl (C=O) groups excluding carboxylic acids is 4. The first-order chi connectivity index (χ1) is 10.3. The maximum absolute atomic E-state index is 11.9. The van der Waals surface area contributed by atoms with Gasteiger partial charge in [-0.2, -0.15) is 0 Å². The molecule has 0 spiro atoms. The Bertz CT molecular complexity index is 573. The van der Waals surface area contributed by atoms with Gasteiger partial charge in [-0.15, -0.1) is 0 Å². The van der Waals surface area contributed by atoms with Gasteiger partial charge in [0.25, 0.3) is 11.8 Å². The topological polar surface area (TPSA) is 128 Å². The summed E-state index contributed by atoms with van der Waals surface area (Å²) in [5, 5.41) is 4.23. The number of primary amides is 1. The number of nitrogens with two attached hydrogens (primary N) is 1. The predicted molar refractivity (Wildman–Crippen MR) is 76.7 cm³/mol. The number of nitrogens with one attached hydrogen (secondary N) is 2. The van der Waals surface area contributed by atoms with Gasteiger partial charge in [0, 0.05) is 5.56 Å². The van der Waals surface area contributed by atoms with Crippen molar-refractivity contribution in [3.8, 4) is 0 Å². The van der Waals surface area contributed by atoms with Crippen LogP contribution in [0.1, 0.15) is 24.2 Å². The van der Waals surface area contributed by atoms with Gasteiger partial charge >= 0.3 is 12.0 Å². The quantitative estimate of drug-likeness (QED) is 0.656. The number of hydrogen-bond donors (Lipinski definition) is 3. The minimum atomic E-state index is -1.21. The van der Waals surface area contributed by atoms with E-state index in [1.807, 2.05) is 0 Å². The minimum Gasteiger partial charge on any atom is -0.451 e. The number of ether oxygens (including phenoxy) is 1. The van der Waals surface area contributed by atoms with E-state index in [9.17, 15) is 19.2 Å². The first kappa shape index (κ1) is 17.2. The third-order valence-corrected chi connectivity index (χ3v) is 2.65. The highest BCUT2D eigenvalue weighted by Gasteiger charge is 2.24. The van der Waals surface area contributed by atoms with Crippen molar-refractivity contribution in [3.63, 3.8) is 0 Å². The molecule has 8 nitrogen and oxygen atoms in total. The van der Waals surface area contributed by atoms with Crippen molar-refractivity contribution in [2.75, 3.05) is 0 Å². The van der Waals surface area contributed by atoms with Crippen molar-refractivity contribution >= 4 is 23.8 Å². The fourth-order valence-corrected chi connectivity index (χ4v) is 1.48. The second kappa shape index (κ2) is 7.77. The third-order valence-electron chi connectivity index (χ3n) is 2.65. The van der Waals surface area contributed by atoms with Gasteiger partial charge in [-0.1, -0.05) is 18.2 Å². The summed E-state index contributed by atoms with van der Waals surface area (Å²) in [5.41, 5.74) is 5.17. The van der Waals surface area contributed by atoms with Crippen LogP contribution in [0.4, 0.5) is 4.79 Å². The Labute approximate surface area is 127 Å². The van der Waals surface area contributed by atoms with Crippen LogP contribution in [0.2, 0.25) is 0 Å². The van der Waals surface area contributed by atoms with Crippen molar-refractivity contribution < 1.29 is 23.9 Å². The molecule has 0 aliphatic carbocycles. The van der Waals surface area contributed by atoms with E-state index in [0.717, 1.165) is 0 Å². The van der Waals surface area contributed by atoms with Crippen LogP contribution in [0.5, 0.6) is 0 Å². The van der Waals surface area contributed by atoms with E-state index in [2.05, 4.69) is 5.32 Å². The molecule has 2 atom stereocenters. The number of urea groups is 1. The molecule has 0 aromatic heterocycles. The van der Waals surface area contributed by atoms with Gasteiger partial charge in [0.1, 0.15) is 6.04 Å². The normalized spacial score (nSPS) is 12.6. The second-order valence-corrected chi connectivity index (χ2v) is 4.49. The van der Waals surface area contributed by atoms with E-state index in [1.54, 1.807) is 35.6 Å². The largest absolute Gasteiger partial charge is 0.451 e. The number of amides is 4. The Morgan fingerprint density at radius 2 is 1.68 bits per heavy atom. The molecule has 0 saturated carbocycles. The number of hydrogen-bond acceptors (Lipinski definition) is 5. The summed E-state index contributed by atoms with van der Waals surface area (Å²) in [6.45, 7) is 2.70. The zero-order valence-corrected chi connectivity index (χ0v) is 12.2. The molecule has 0 aliphatic heterocycles. The molecule has 4 N–H and O–H groups in total. The van der Waals surface area contributed by atoms with Crippen LogP contribution < -0.4 is 16.4 Å². The molecule has 4 amide bonds. The maximum Gasteiger partial charge on any atom is 0.329 e. The molecule has 1 aromatic rings. The van der Waals surface area contributed by atoms with Crippen molar-refractivity contribution in [1.82, 2.24) is 10.6 Å². The van der Waals surface area contributed by atoms with Gasteiger partial charge in [-0.05, 0) is 26.0 Å². The number of esters is 1. The highest BCUT2D eigenvalue weighted by molar-refractivity contribution is 5.98. The van der Waals surface area contributed by atoms with Crippen LogP contribution >= 0.6 is 0 Å². The Morgan fingerprint density at radius 3 is 2.23 bits per heavy atom. The fourth-order valence-electron chi connectivity index (χ4n) is 1.48. The number of rotatable bonds is 5. The van der Waals surface area contributed by atoms with E-state index in [1.165, 1.54) is 13.8 Å². The monoisotopic (exact) mass is 307 g/mol. The first-order valence-corrected chi connectivity index (χ1v) is 6.48. The molecule has 0 heterocycles. The van der Waals surface area contributed by atoms with Crippen LogP contribution in [-0.4, -0.2) is 36.0 Å². The second-order valence-electron chi connectivity index (χ2n) is 4.49. The van der Waals surface area contributed by atoms with Gasteiger partial charge < -0.3 is 15.8 Å². The highest BCUT2D eigenvalue weighted by Crippen LogP contribution is 2.01. The van der Waals surface area contributed by atoms with E-state index in [4.69, 9.17) is 10.5 Å². The van der Waals surface area contributed by atoms with E-state index < -0.39 is 36.0 Å². The average molecular weight is 307 g/mol. The zero-order chi connectivity index (χ0) is 16.7. The number of imide groups is 1. The molecule has 1 rings (SSSR count). The zero-order valence-electron chi connectivity index (χ0n) is 12.2. The summed E-state index contributed by atoms with van der Waals surface area (Å²) in [7, 11) is 0. The molecule has 0 radical (unpaired) electrons. The number of carbonyl (C=O) groups is 4. The Morgan fingerprint density at radius 1 is 1.09 bits per heavy atom. The standard InChI is InChI=1S/C14H17N3O5/c1-8(16-12(19)10-6-4-3-5-7-10)13(20)22-9(2)11(18)17-14(15)21/h3-9H,1-2H3,(H,16,19)(H3,15,17,18,21). The molecule has 2 unspecified atom stereocenters.